The summed E-state index contributed by atoms with van der Waals surface area (Å²) in [7, 11) is 1.30. The van der Waals surface area contributed by atoms with Crippen LogP contribution in [0.1, 0.15) is 17.5 Å². The number of ether oxygens (including phenoxy) is 1. The first-order valence-corrected chi connectivity index (χ1v) is 6.31. The van der Waals surface area contributed by atoms with E-state index in [4.69, 9.17) is 5.26 Å². The number of carbonyl (C=O) groups is 1. The first-order valence-electron chi connectivity index (χ1n) is 6.31. The van der Waals surface area contributed by atoms with Crippen molar-refractivity contribution < 1.29 is 22.7 Å². The molecule has 2 rings (SSSR count). The fourth-order valence-electron chi connectivity index (χ4n) is 2.42. The molecule has 1 aromatic rings. The Balaban J connectivity index is 2.26. The van der Waals surface area contributed by atoms with E-state index in [2.05, 4.69) is 4.74 Å². The van der Waals surface area contributed by atoms with E-state index in [1.54, 1.807) is 11.0 Å². The smallest absolute Gasteiger partial charge is 0.416 e. The average Bonchev–Trinajstić information content (AvgIpc) is 2.94. The van der Waals surface area contributed by atoms with Crippen LogP contribution in [0, 0.1) is 17.2 Å². The summed E-state index contributed by atoms with van der Waals surface area (Å²) in [5.74, 6) is -0.660. The Morgan fingerprint density at radius 2 is 2.19 bits per heavy atom. The summed E-state index contributed by atoms with van der Waals surface area (Å²) in [6.07, 6.45) is -3.93. The number of carbonyl (C=O) groups excluding carboxylic acids is 1. The SMILES string of the molecule is COC(=O)C1CCN(c2ccc(C(F)(F)F)cc2C#N)C1. The van der Waals surface area contributed by atoms with Crippen molar-refractivity contribution in [3.8, 4) is 6.07 Å². The van der Waals surface area contributed by atoms with Crippen LogP contribution < -0.4 is 4.90 Å². The lowest BCUT2D eigenvalue weighted by atomic mass is 10.1. The molecule has 0 aromatic heterocycles. The summed E-state index contributed by atoms with van der Waals surface area (Å²) >= 11 is 0. The molecule has 0 amide bonds. The van der Waals surface area contributed by atoms with Gasteiger partial charge in [0.25, 0.3) is 0 Å². The van der Waals surface area contributed by atoms with E-state index in [0.29, 0.717) is 25.2 Å². The molecule has 1 aromatic carbocycles. The highest BCUT2D eigenvalue weighted by atomic mass is 19.4. The van der Waals surface area contributed by atoms with E-state index in [9.17, 15) is 18.0 Å². The Kier molecular flexibility index (Phi) is 4.07. The van der Waals surface area contributed by atoms with Gasteiger partial charge in [0, 0.05) is 13.1 Å². The van der Waals surface area contributed by atoms with Gasteiger partial charge < -0.3 is 9.64 Å². The zero-order chi connectivity index (χ0) is 15.6. The van der Waals surface area contributed by atoms with Crippen LogP contribution in [0.5, 0.6) is 0 Å². The van der Waals surface area contributed by atoms with Gasteiger partial charge in [-0.2, -0.15) is 18.4 Å². The van der Waals surface area contributed by atoms with Gasteiger partial charge in [0.15, 0.2) is 0 Å². The third kappa shape index (κ3) is 3.10. The molecule has 1 saturated heterocycles. The maximum absolute atomic E-state index is 12.6. The highest BCUT2D eigenvalue weighted by Gasteiger charge is 2.33. The highest BCUT2D eigenvalue weighted by molar-refractivity contribution is 5.74. The van der Waals surface area contributed by atoms with Crippen molar-refractivity contribution >= 4 is 11.7 Å². The third-order valence-electron chi connectivity index (χ3n) is 3.51. The van der Waals surface area contributed by atoms with Crippen LogP contribution >= 0.6 is 0 Å². The molecule has 0 radical (unpaired) electrons. The van der Waals surface area contributed by atoms with E-state index in [1.807, 2.05) is 0 Å². The van der Waals surface area contributed by atoms with E-state index in [1.165, 1.54) is 13.2 Å². The minimum Gasteiger partial charge on any atom is -0.469 e. The minimum atomic E-state index is -4.48. The lowest BCUT2D eigenvalue weighted by molar-refractivity contribution is -0.144. The number of rotatable bonds is 2. The summed E-state index contributed by atoms with van der Waals surface area (Å²) < 4.78 is 42.6. The summed E-state index contributed by atoms with van der Waals surface area (Å²) in [4.78, 5) is 13.2. The molecule has 21 heavy (non-hydrogen) atoms. The van der Waals surface area contributed by atoms with E-state index in [-0.39, 0.29) is 17.5 Å². The van der Waals surface area contributed by atoms with Gasteiger partial charge in [-0.3, -0.25) is 4.79 Å². The van der Waals surface area contributed by atoms with Gasteiger partial charge in [-0.05, 0) is 24.6 Å². The normalized spacial score (nSPS) is 18.4. The number of anilines is 1. The molecule has 4 nitrogen and oxygen atoms in total. The van der Waals surface area contributed by atoms with Crippen LogP contribution in [0.3, 0.4) is 0 Å². The Morgan fingerprint density at radius 1 is 1.48 bits per heavy atom. The maximum Gasteiger partial charge on any atom is 0.416 e. The number of methoxy groups -OCH3 is 1. The number of nitrogens with zero attached hydrogens (tertiary/aromatic N) is 2. The molecule has 1 unspecified atom stereocenters. The van der Waals surface area contributed by atoms with Gasteiger partial charge in [0.1, 0.15) is 6.07 Å². The van der Waals surface area contributed by atoms with Crippen LogP contribution in [0.2, 0.25) is 0 Å². The van der Waals surface area contributed by atoms with Crippen molar-refractivity contribution in [3.63, 3.8) is 0 Å². The van der Waals surface area contributed by atoms with Gasteiger partial charge >= 0.3 is 12.1 Å². The van der Waals surface area contributed by atoms with E-state index in [0.717, 1.165) is 12.1 Å². The van der Waals surface area contributed by atoms with Crippen molar-refractivity contribution in [2.75, 3.05) is 25.1 Å². The molecule has 0 spiro atoms. The molecular formula is C14H13F3N2O2. The van der Waals surface area contributed by atoms with Gasteiger partial charge in [0.05, 0.1) is 29.8 Å². The standard InChI is InChI=1S/C14H13F3N2O2/c1-21-13(20)9-4-5-19(8-9)12-3-2-11(14(15,16)17)6-10(12)7-18/h2-3,6,9H,4-5,8H2,1H3. The van der Waals surface area contributed by atoms with Crippen LogP contribution in [0.25, 0.3) is 0 Å². The quantitative estimate of drug-likeness (QED) is 0.787. The second-order valence-corrected chi connectivity index (χ2v) is 4.80. The largest absolute Gasteiger partial charge is 0.469 e. The molecule has 0 aliphatic carbocycles. The van der Waals surface area contributed by atoms with Gasteiger partial charge in [0.2, 0.25) is 0 Å². The molecule has 1 atom stereocenters. The molecule has 1 heterocycles. The minimum absolute atomic E-state index is 0.0460. The molecule has 0 N–H and O–H groups in total. The third-order valence-corrected chi connectivity index (χ3v) is 3.51. The van der Waals surface area contributed by atoms with Crippen molar-refractivity contribution in [3.05, 3.63) is 29.3 Å². The first-order chi connectivity index (χ1) is 9.86. The number of alkyl halides is 3. The Hall–Kier alpha value is -2.23. The van der Waals surface area contributed by atoms with Crippen LogP contribution in [-0.4, -0.2) is 26.2 Å². The van der Waals surface area contributed by atoms with Crippen molar-refractivity contribution in [1.82, 2.24) is 0 Å². The fourth-order valence-corrected chi connectivity index (χ4v) is 2.42. The lowest BCUT2D eigenvalue weighted by Crippen LogP contribution is -2.24. The number of nitriles is 1. The predicted molar refractivity (Wildman–Crippen MR) is 68.5 cm³/mol. The Labute approximate surface area is 119 Å². The molecule has 112 valence electrons. The molecule has 7 heteroatoms. The summed E-state index contributed by atoms with van der Waals surface area (Å²) in [6.45, 7) is 0.840. The van der Waals surface area contributed by atoms with Gasteiger partial charge in [-0.25, -0.2) is 0 Å². The number of hydrogen-bond acceptors (Lipinski definition) is 4. The number of benzene rings is 1. The second kappa shape index (κ2) is 5.64. The molecule has 1 aliphatic heterocycles. The highest BCUT2D eigenvalue weighted by Crippen LogP contribution is 2.34. The zero-order valence-corrected chi connectivity index (χ0v) is 11.3. The van der Waals surface area contributed by atoms with Gasteiger partial charge in [-0.15, -0.1) is 0 Å². The van der Waals surface area contributed by atoms with E-state index < -0.39 is 11.7 Å². The average molecular weight is 298 g/mol. The lowest BCUT2D eigenvalue weighted by Gasteiger charge is -2.20. The van der Waals surface area contributed by atoms with Gasteiger partial charge in [-0.1, -0.05) is 0 Å². The van der Waals surface area contributed by atoms with Crippen molar-refractivity contribution in [1.29, 1.82) is 5.26 Å². The monoisotopic (exact) mass is 298 g/mol. The number of esters is 1. The summed E-state index contributed by atoms with van der Waals surface area (Å²) in [5.41, 5.74) is -0.487. The van der Waals surface area contributed by atoms with Crippen LogP contribution in [0.15, 0.2) is 18.2 Å². The fraction of sp³-hybridized carbons (Fsp3) is 0.429. The van der Waals surface area contributed by atoms with E-state index >= 15 is 0 Å². The van der Waals surface area contributed by atoms with Crippen molar-refractivity contribution in [2.45, 2.75) is 12.6 Å². The Morgan fingerprint density at radius 3 is 2.76 bits per heavy atom. The maximum atomic E-state index is 12.6. The molecule has 1 fully saturated rings. The molecule has 0 bridgehead atoms. The summed E-state index contributed by atoms with van der Waals surface area (Å²) in [5, 5.41) is 9.05. The molecule has 1 aliphatic rings. The summed E-state index contributed by atoms with van der Waals surface area (Å²) in [6, 6.07) is 4.84. The predicted octanol–water partition coefficient (Wildman–Crippen LogP) is 2.58. The molecule has 0 saturated carbocycles. The Bertz CT molecular complexity index is 593. The topological polar surface area (TPSA) is 53.3 Å². The van der Waals surface area contributed by atoms with Crippen molar-refractivity contribution in [2.24, 2.45) is 5.92 Å². The molecular weight excluding hydrogens is 285 g/mol. The number of halogens is 3. The van der Waals surface area contributed by atoms with Crippen LogP contribution in [-0.2, 0) is 15.7 Å². The first kappa shape index (κ1) is 15.2. The zero-order valence-electron chi connectivity index (χ0n) is 11.3. The number of hydrogen-bond donors (Lipinski definition) is 0. The second-order valence-electron chi connectivity index (χ2n) is 4.80. The van der Waals surface area contributed by atoms with Crippen LogP contribution in [0.4, 0.5) is 18.9 Å².